The first-order chi connectivity index (χ1) is 6.31. The first-order valence-corrected chi connectivity index (χ1v) is 5.63. The van der Waals surface area contributed by atoms with Gasteiger partial charge < -0.3 is 5.32 Å². The predicted molar refractivity (Wildman–Crippen MR) is 58.9 cm³/mol. The number of rotatable bonds is 2. The van der Waals surface area contributed by atoms with E-state index in [1.165, 1.54) is 6.42 Å². The molecular weight excluding hydrogens is 174 g/mol. The van der Waals surface area contributed by atoms with Crippen molar-refractivity contribution < 1.29 is 4.79 Å². The van der Waals surface area contributed by atoms with Crippen LogP contribution in [0.5, 0.6) is 0 Å². The Morgan fingerprint density at radius 3 is 2.14 bits per heavy atom. The van der Waals surface area contributed by atoms with E-state index >= 15 is 0 Å². The van der Waals surface area contributed by atoms with E-state index in [0.29, 0.717) is 11.8 Å². The number of hydrogen-bond acceptors (Lipinski definition) is 1. The van der Waals surface area contributed by atoms with Gasteiger partial charge in [-0.3, -0.25) is 4.79 Å². The Hall–Kier alpha value is -0.530. The summed E-state index contributed by atoms with van der Waals surface area (Å²) in [4.78, 5) is 11.8. The van der Waals surface area contributed by atoms with Crippen molar-refractivity contribution in [3.63, 3.8) is 0 Å². The molecule has 1 amide bonds. The summed E-state index contributed by atoms with van der Waals surface area (Å²) >= 11 is 0. The van der Waals surface area contributed by atoms with Crippen molar-refractivity contribution >= 4 is 5.91 Å². The number of carbonyl (C=O) groups excluding carboxylic acids is 1. The van der Waals surface area contributed by atoms with Gasteiger partial charge in [0.05, 0.1) is 0 Å². The molecule has 0 aromatic carbocycles. The molecule has 0 radical (unpaired) electrons. The fraction of sp³-hybridized carbons (Fsp3) is 0.917. The molecule has 1 aliphatic carbocycles. The lowest BCUT2D eigenvalue weighted by Gasteiger charge is -2.39. The standard InChI is InChI=1S/C12H23NO/c1-8(2)9-6-7-10(9)11(14)13-12(3,4)5/h8-10H,6-7H2,1-5H3,(H,13,14)/t9-,10-/m0/s1. The molecule has 0 aliphatic heterocycles. The minimum Gasteiger partial charge on any atom is -0.351 e. The van der Waals surface area contributed by atoms with E-state index in [9.17, 15) is 4.79 Å². The molecular formula is C12H23NO. The van der Waals surface area contributed by atoms with Gasteiger partial charge in [-0.25, -0.2) is 0 Å². The topological polar surface area (TPSA) is 29.1 Å². The molecule has 0 unspecified atom stereocenters. The van der Waals surface area contributed by atoms with Crippen molar-refractivity contribution in [2.75, 3.05) is 0 Å². The molecule has 1 rings (SSSR count). The second kappa shape index (κ2) is 3.92. The van der Waals surface area contributed by atoms with E-state index in [1.807, 2.05) is 20.8 Å². The van der Waals surface area contributed by atoms with Crippen LogP contribution < -0.4 is 5.32 Å². The molecule has 1 N–H and O–H groups in total. The van der Waals surface area contributed by atoms with Crippen LogP contribution in [0.1, 0.15) is 47.5 Å². The lowest BCUT2D eigenvalue weighted by Crippen LogP contribution is -2.49. The molecule has 2 atom stereocenters. The highest BCUT2D eigenvalue weighted by molar-refractivity contribution is 5.80. The summed E-state index contributed by atoms with van der Waals surface area (Å²) in [7, 11) is 0. The normalized spacial score (nSPS) is 27.3. The van der Waals surface area contributed by atoms with E-state index in [0.717, 1.165) is 6.42 Å². The first-order valence-electron chi connectivity index (χ1n) is 5.63. The average molecular weight is 197 g/mol. The summed E-state index contributed by atoms with van der Waals surface area (Å²) in [6.45, 7) is 10.5. The zero-order valence-corrected chi connectivity index (χ0v) is 10.1. The lowest BCUT2D eigenvalue weighted by atomic mass is 9.67. The highest BCUT2D eigenvalue weighted by atomic mass is 16.2. The van der Waals surface area contributed by atoms with Crippen LogP contribution in [0, 0.1) is 17.8 Å². The number of hydrogen-bond donors (Lipinski definition) is 1. The van der Waals surface area contributed by atoms with Gasteiger partial charge in [-0.2, -0.15) is 0 Å². The van der Waals surface area contributed by atoms with Gasteiger partial charge in [-0.05, 0) is 45.4 Å². The summed E-state index contributed by atoms with van der Waals surface area (Å²) in [5.41, 5.74) is -0.0891. The highest BCUT2D eigenvalue weighted by Gasteiger charge is 2.38. The highest BCUT2D eigenvalue weighted by Crippen LogP contribution is 2.39. The van der Waals surface area contributed by atoms with Crippen molar-refractivity contribution in [1.82, 2.24) is 5.32 Å². The summed E-state index contributed by atoms with van der Waals surface area (Å²) < 4.78 is 0. The molecule has 0 saturated heterocycles. The van der Waals surface area contributed by atoms with Gasteiger partial charge in [0.25, 0.3) is 0 Å². The largest absolute Gasteiger partial charge is 0.351 e. The van der Waals surface area contributed by atoms with Crippen LogP contribution in [-0.2, 0) is 4.79 Å². The van der Waals surface area contributed by atoms with Gasteiger partial charge in [0.2, 0.25) is 5.91 Å². The number of carbonyl (C=O) groups is 1. The second-order valence-electron chi connectivity index (χ2n) is 5.83. The van der Waals surface area contributed by atoms with Crippen LogP contribution in [0.15, 0.2) is 0 Å². The maximum Gasteiger partial charge on any atom is 0.223 e. The second-order valence-corrected chi connectivity index (χ2v) is 5.83. The Balaban J connectivity index is 2.46. The van der Waals surface area contributed by atoms with Gasteiger partial charge in [0.15, 0.2) is 0 Å². The third-order valence-electron chi connectivity index (χ3n) is 3.02. The molecule has 1 fully saturated rings. The molecule has 2 nitrogen and oxygen atoms in total. The van der Waals surface area contributed by atoms with Gasteiger partial charge >= 0.3 is 0 Å². The fourth-order valence-electron chi connectivity index (χ4n) is 2.11. The third-order valence-corrected chi connectivity index (χ3v) is 3.02. The average Bonchev–Trinajstić information content (AvgIpc) is 1.75. The summed E-state index contributed by atoms with van der Waals surface area (Å²) in [5, 5.41) is 3.07. The van der Waals surface area contributed by atoms with Crippen LogP contribution >= 0.6 is 0 Å². The summed E-state index contributed by atoms with van der Waals surface area (Å²) in [5.74, 6) is 1.77. The maximum atomic E-state index is 11.8. The first kappa shape index (κ1) is 11.5. The van der Waals surface area contributed by atoms with E-state index in [-0.39, 0.29) is 17.4 Å². The van der Waals surface area contributed by atoms with Crippen molar-refractivity contribution in [3.05, 3.63) is 0 Å². The summed E-state index contributed by atoms with van der Waals surface area (Å²) in [6, 6.07) is 0. The Bertz CT molecular complexity index is 215. The molecule has 14 heavy (non-hydrogen) atoms. The molecule has 1 saturated carbocycles. The van der Waals surface area contributed by atoms with Crippen molar-refractivity contribution in [1.29, 1.82) is 0 Å². The van der Waals surface area contributed by atoms with Crippen LogP contribution in [0.4, 0.5) is 0 Å². The van der Waals surface area contributed by atoms with Crippen molar-refractivity contribution in [2.45, 2.75) is 53.0 Å². The monoisotopic (exact) mass is 197 g/mol. The van der Waals surface area contributed by atoms with E-state index in [2.05, 4.69) is 19.2 Å². The zero-order valence-electron chi connectivity index (χ0n) is 10.1. The Kier molecular flexibility index (Phi) is 3.23. The van der Waals surface area contributed by atoms with Crippen LogP contribution in [0.3, 0.4) is 0 Å². The predicted octanol–water partition coefficient (Wildman–Crippen LogP) is 2.58. The van der Waals surface area contributed by atoms with Crippen molar-refractivity contribution in [3.8, 4) is 0 Å². The Morgan fingerprint density at radius 1 is 1.29 bits per heavy atom. The van der Waals surface area contributed by atoms with E-state index in [4.69, 9.17) is 0 Å². The fourth-order valence-corrected chi connectivity index (χ4v) is 2.11. The lowest BCUT2D eigenvalue weighted by molar-refractivity contribution is -0.132. The van der Waals surface area contributed by atoms with E-state index < -0.39 is 0 Å². The quantitative estimate of drug-likeness (QED) is 0.724. The van der Waals surface area contributed by atoms with Crippen molar-refractivity contribution in [2.24, 2.45) is 17.8 Å². The minimum absolute atomic E-state index is 0.0891. The van der Waals surface area contributed by atoms with E-state index in [1.54, 1.807) is 0 Å². The van der Waals surface area contributed by atoms with Gasteiger partial charge in [0.1, 0.15) is 0 Å². The SMILES string of the molecule is CC(C)[C@@H]1CC[C@@H]1C(=O)NC(C)(C)C. The summed E-state index contributed by atoms with van der Waals surface area (Å²) in [6.07, 6.45) is 2.30. The van der Waals surface area contributed by atoms with Crippen LogP contribution in [0.2, 0.25) is 0 Å². The molecule has 0 bridgehead atoms. The molecule has 1 aliphatic rings. The number of amides is 1. The van der Waals surface area contributed by atoms with Crippen LogP contribution in [0.25, 0.3) is 0 Å². The van der Waals surface area contributed by atoms with Gasteiger partial charge in [0, 0.05) is 11.5 Å². The third kappa shape index (κ3) is 2.73. The minimum atomic E-state index is -0.0891. The molecule has 0 spiro atoms. The molecule has 0 aromatic heterocycles. The van der Waals surface area contributed by atoms with Gasteiger partial charge in [-0.1, -0.05) is 13.8 Å². The molecule has 0 aromatic rings. The smallest absolute Gasteiger partial charge is 0.223 e. The molecule has 2 heteroatoms. The maximum absolute atomic E-state index is 11.8. The zero-order chi connectivity index (χ0) is 10.9. The van der Waals surface area contributed by atoms with Gasteiger partial charge in [-0.15, -0.1) is 0 Å². The van der Waals surface area contributed by atoms with Crippen LogP contribution in [-0.4, -0.2) is 11.4 Å². The molecule has 0 heterocycles. The Labute approximate surface area is 87.5 Å². The Morgan fingerprint density at radius 2 is 1.86 bits per heavy atom. The number of nitrogens with one attached hydrogen (secondary N) is 1. The molecule has 82 valence electrons.